The van der Waals surface area contributed by atoms with Gasteiger partial charge in [-0.3, -0.25) is 14.7 Å². The smallest absolute Gasteiger partial charge is 0.254 e. The molecule has 4 rings (SSSR count). The molecule has 1 N–H and O–H groups in total. The van der Waals surface area contributed by atoms with E-state index in [1.807, 2.05) is 48.6 Å². The average Bonchev–Trinajstić information content (AvgIpc) is 3.21. The van der Waals surface area contributed by atoms with Crippen molar-refractivity contribution in [1.29, 1.82) is 0 Å². The molecule has 154 valence electrons. The number of nitrogens with one attached hydrogen (secondary N) is 1. The number of carbonyl (C=O) groups excluding carboxylic acids is 2. The normalized spacial score (nSPS) is 14.4. The van der Waals surface area contributed by atoms with Gasteiger partial charge in [-0.15, -0.1) is 0 Å². The fourth-order valence-corrected chi connectivity index (χ4v) is 3.43. The van der Waals surface area contributed by atoms with Crippen molar-refractivity contribution in [3.05, 3.63) is 65.4 Å². The first-order valence-electron chi connectivity index (χ1n) is 9.94. The molecule has 0 spiro atoms. The van der Waals surface area contributed by atoms with E-state index < -0.39 is 0 Å². The van der Waals surface area contributed by atoms with Crippen molar-refractivity contribution in [1.82, 2.24) is 20.0 Å². The van der Waals surface area contributed by atoms with Crippen LogP contribution in [0.5, 0.6) is 0 Å². The van der Waals surface area contributed by atoms with Crippen LogP contribution in [-0.2, 0) is 9.53 Å². The van der Waals surface area contributed by atoms with E-state index in [4.69, 9.17) is 4.74 Å². The maximum absolute atomic E-state index is 12.7. The summed E-state index contributed by atoms with van der Waals surface area (Å²) in [6.45, 7) is 2.31. The van der Waals surface area contributed by atoms with Crippen LogP contribution < -0.4 is 0 Å². The number of aromatic amines is 1. The number of H-pyrrole nitrogens is 1. The number of rotatable bonds is 5. The number of ether oxygens (including phenoxy) is 1. The number of hydrogen-bond acceptors (Lipinski definition) is 4. The lowest BCUT2D eigenvalue weighted by Crippen LogP contribution is -2.46. The van der Waals surface area contributed by atoms with Crippen LogP contribution in [0.15, 0.2) is 48.5 Å². The summed E-state index contributed by atoms with van der Waals surface area (Å²) in [5.74, 6) is -0.231. The number of hydrogen-bond donors (Lipinski definition) is 1. The van der Waals surface area contributed by atoms with Crippen LogP contribution in [0.2, 0.25) is 0 Å². The van der Waals surface area contributed by atoms with E-state index in [0.29, 0.717) is 31.9 Å². The van der Waals surface area contributed by atoms with Gasteiger partial charge in [0.15, 0.2) is 0 Å². The minimum absolute atomic E-state index is 0.0556. The Morgan fingerprint density at radius 3 is 2.60 bits per heavy atom. The molecule has 1 aromatic heterocycles. The molecular weight excluding hydrogens is 380 g/mol. The number of aromatic nitrogens is 2. The Hall–Kier alpha value is -3.45. The van der Waals surface area contributed by atoms with Crippen molar-refractivity contribution in [2.75, 3.05) is 39.9 Å². The van der Waals surface area contributed by atoms with E-state index >= 15 is 0 Å². The van der Waals surface area contributed by atoms with E-state index in [2.05, 4.69) is 10.2 Å². The lowest BCUT2D eigenvalue weighted by atomic mass is 10.1. The summed E-state index contributed by atoms with van der Waals surface area (Å²) in [7, 11) is 1.65. The van der Waals surface area contributed by atoms with Crippen LogP contribution in [-0.4, -0.2) is 71.7 Å². The number of fused-ring (bicyclic) bond motifs is 1. The molecule has 2 amide bonds. The third kappa shape index (κ3) is 4.41. The van der Waals surface area contributed by atoms with E-state index in [-0.39, 0.29) is 18.4 Å². The van der Waals surface area contributed by atoms with Crippen molar-refractivity contribution in [3.8, 4) is 0 Å². The molecule has 0 atom stereocenters. The molecule has 0 saturated carbocycles. The first kappa shape index (κ1) is 19.8. The Labute approximate surface area is 174 Å². The van der Waals surface area contributed by atoms with Gasteiger partial charge in [-0.25, -0.2) is 0 Å². The Kier molecular flexibility index (Phi) is 5.90. The van der Waals surface area contributed by atoms with Crippen LogP contribution >= 0.6 is 0 Å². The minimum atomic E-state index is -0.176. The van der Waals surface area contributed by atoms with Gasteiger partial charge in [0.05, 0.1) is 31.0 Å². The summed E-state index contributed by atoms with van der Waals surface area (Å²) in [6, 6.07) is 15.3. The van der Waals surface area contributed by atoms with Gasteiger partial charge in [-0.05, 0) is 29.8 Å². The third-order valence-corrected chi connectivity index (χ3v) is 5.17. The van der Waals surface area contributed by atoms with Gasteiger partial charge in [0.1, 0.15) is 0 Å². The van der Waals surface area contributed by atoms with Gasteiger partial charge in [0, 0.05) is 31.1 Å². The lowest BCUT2D eigenvalue weighted by Gasteiger charge is -2.28. The Morgan fingerprint density at radius 1 is 1.10 bits per heavy atom. The van der Waals surface area contributed by atoms with E-state index in [9.17, 15) is 9.59 Å². The number of nitrogens with zero attached hydrogens (tertiary/aromatic N) is 3. The van der Waals surface area contributed by atoms with Crippen LogP contribution in [0, 0.1) is 0 Å². The molecule has 0 bridgehead atoms. The molecule has 1 fully saturated rings. The van der Waals surface area contributed by atoms with Crippen molar-refractivity contribution < 1.29 is 14.3 Å². The minimum Gasteiger partial charge on any atom is -0.378 e. The Bertz CT molecular complexity index is 1070. The zero-order valence-corrected chi connectivity index (χ0v) is 16.9. The first-order chi connectivity index (χ1) is 14.6. The summed E-state index contributed by atoms with van der Waals surface area (Å²) in [4.78, 5) is 28.2. The molecule has 2 aromatic carbocycles. The van der Waals surface area contributed by atoms with Crippen LogP contribution in [0.25, 0.3) is 23.1 Å². The number of para-hydroxylation sites is 1. The molecule has 7 heteroatoms. The third-order valence-electron chi connectivity index (χ3n) is 5.17. The number of carbonyl (C=O) groups is 2. The van der Waals surface area contributed by atoms with Gasteiger partial charge < -0.3 is 14.5 Å². The standard InChI is InChI=1S/C23H24N4O3/c1-26(16-22(28)27-12-14-30-15-13-27)23(29)18-9-6-17(7-10-18)8-11-21-19-4-2-3-5-20(19)24-25-21/h2-11H,12-16H2,1H3,(H,24,25)/b11-8+. The first-order valence-corrected chi connectivity index (χ1v) is 9.94. The van der Waals surface area contributed by atoms with Gasteiger partial charge in [0.25, 0.3) is 5.91 Å². The molecule has 30 heavy (non-hydrogen) atoms. The van der Waals surface area contributed by atoms with Gasteiger partial charge in [-0.1, -0.05) is 36.4 Å². The average molecular weight is 404 g/mol. The van der Waals surface area contributed by atoms with Crippen LogP contribution in [0.3, 0.4) is 0 Å². The Morgan fingerprint density at radius 2 is 1.83 bits per heavy atom. The maximum atomic E-state index is 12.7. The maximum Gasteiger partial charge on any atom is 0.254 e. The monoisotopic (exact) mass is 404 g/mol. The van der Waals surface area contributed by atoms with Gasteiger partial charge >= 0.3 is 0 Å². The highest BCUT2D eigenvalue weighted by molar-refractivity contribution is 5.96. The Balaban J connectivity index is 1.38. The molecule has 0 unspecified atom stereocenters. The molecule has 0 aliphatic carbocycles. The van der Waals surface area contributed by atoms with Crippen LogP contribution in [0.4, 0.5) is 0 Å². The summed E-state index contributed by atoms with van der Waals surface area (Å²) in [5, 5.41) is 8.40. The van der Waals surface area contributed by atoms with Crippen molar-refractivity contribution >= 4 is 34.9 Å². The van der Waals surface area contributed by atoms with E-state index in [0.717, 1.165) is 22.2 Å². The molecule has 1 aliphatic heterocycles. The molecule has 1 aliphatic rings. The summed E-state index contributed by atoms with van der Waals surface area (Å²) in [6.07, 6.45) is 3.91. The highest BCUT2D eigenvalue weighted by Gasteiger charge is 2.21. The molecular formula is C23H24N4O3. The molecule has 1 saturated heterocycles. The van der Waals surface area contributed by atoms with Crippen LogP contribution in [0.1, 0.15) is 21.6 Å². The summed E-state index contributed by atoms with van der Waals surface area (Å²) in [5.41, 5.74) is 3.38. The summed E-state index contributed by atoms with van der Waals surface area (Å²) < 4.78 is 5.26. The quantitative estimate of drug-likeness (QED) is 0.709. The zero-order chi connectivity index (χ0) is 20.9. The van der Waals surface area contributed by atoms with Crippen molar-refractivity contribution in [2.24, 2.45) is 0 Å². The zero-order valence-electron chi connectivity index (χ0n) is 16.9. The summed E-state index contributed by atoms with van der Waals surface area (Å²) >= 11 is 0. The second kappa shape index (κ2) is 8.92. The van der Waals surface area contributed by atoms with Gasteiger partial charge in [-0.2, -0.15) is 5.10 Å². The van der Waals surface area contributed by atoms with E-state index in [1.165, 1.54) is 4.90 Å². The second-order valence-corrected chi connectivity index (χ2v) is 7.26. The number of amides is 2. The SMILES string of the molecule is CN(CC(=O)N1CCOCC1)C(=O)c1ccc(/C=C/c2n[nH]c3ccccc23)cc1. The predicted molar refractivity (Wildman–Crippen MR) is 116 cm³/mol. The van der Waals surface area contributed by atoms with Crippen molar-refractivity contribution in [2.45, 2.75) is 0 Å². The van der Waals surface area contributed by atoms with Gasteiger partial charge in [0.2, 0.25) is 5.91 Å². The van der Waals surface area contributed by atoms with E-state index in [1.54, 1.807) is 24.1 Å². The fourth-order valence-electron chi connectivity index (χ4n) is 3.43. The molecule has 2 heterocycles. The van der Waals surface area contributed by atoms with Crippen molar-refractivity contribution in [3.63, 3.8) is 0 Å². The lowest BCUT2D eigenvalue weighted by molar-refractivity contribution is -0.135. The largest absolute Gasteiger partial charge is 0.378 e. The number of benzene rings is 2. The highest BCUT2D eigenvalue weighted by atomic mass is 16.5. The number of likely N-dealkylation sites (N-methyl/N-ethyl adjacent to an activating group) is 1. The molecule has 0 radical (unpaired) electrons. The number of morpholine rings is 1. The topological polar surface area (TPSA) is 78.5 Å². The second-order valence-electron chi connectivity index (χ2n) is 7.26. The molecule has 3 aromatic rings. The fraction of sp³-hybridized carbons (Fsp3) is 0.261. The highest BCUT2D eigenvalue weighted by Crippen LogP contribution is 2.18. The predicted octanol–water partition coefficient (Wildman–Crippen LogP) is 2.66. The molecule has 7 nitrogen and oxygen atoms in total.